The van der Waals surface area contributed by atoms with Crippen LogP contribution >= 0.6 is 11.6 Å². The van der Waals surface area contributed by atoms with Crippen LogP contribution in [0.4, 0.5) is 16.2 Å². The zero-order chi connectivity index (χ0) is 18.7. The Kier molecular flexibility index (Phi) is 5.14. The van der Waals surface area contributed by atoms with Crippen molar-refractivity contribution in [3.05, 3.63) is 59.3 Å². The predicted octanol–water partition coefficient (Wildman–Crippen LogP) is 4.93. The molecule has 1 N–H and O–H groups in total. The van der Waals surface area contributed by atoms with Gasteiger partial charge in [-0.15, -0.1) is 0 Å². The molecule has 0 atom stereocenters. The van der Waals surface area contributed by atoms with Gasteiger partial charge in [0, 0.05) is 28.8 Å². The number of halogens is 1. The number of carbonyl (C=O) groups is 2. The van der Waals surface area contributed by atoms with Crippen LogP contribution in [0.1, 0.15) is 17.5 Å². The zero-order valence-electron chi connectivity index (χ0n) is 14.3. The van der Waals surface area contributed by atoms with Crippen molar-refractivity contribution in [3.63, 3.8) is 0 Å². The van der Waals surface area contributed by atoms with Crippen molar-refractivity contribution in [2.45, 2.75) is 6.92 Å². The van der Waals surface area contributed by atoms with Crippen molar-refractivity contribution in [1.29, 1.82) is 0 Å². The molecule has 0 aliphatic heterocycles. The Bertz CT molecular complexity index is 950. The number of carbonyl (C=O) groups excluding carboxylic acids is 2. The van der Waals surface area contributed by atoms with E-state index in [1.807, 2.05) is 0 Å². The normalized spacial score (nSPS) is 10.6. The van der Waals surface area contributed by atoms with Crippen LogP contribution in [-0.2, 0) is 4.74 Å². The summed E-state index contributed by atoms with van der Waals surface area (Å²) in [7, 11) is 1.62. The molecule has 3 rings (SSSR count). The van der Waals surface area contributed by atoms with Gasteiger partial charge < -0.3 is 14.5 Å². The summed E-state index contributed by atoms with van der Waals surface area (Å²) >= 11 is 5.94. The number of ether oxygens (including phenoxy) is 1. The second kappa shape index (κ2) is 7.49. The van der Waals surface area contributed by atoms with E-state index in [1.165, 1.54) is 4.90 Å². The highest BCUT2D eigenvalue weighted by Crippen LogP contribution is 2.24. The summed E-state index contributed by atoms with van der Waals surface area (Å²) in [6.07, 6.45) is -0.440. The van der Waals surface area contributed by atoms with Gasteiger partial charge in [-0.3, -0.25) is 9.69 Å². The molecule has 2 amide bonds. The quantitative estimate of drug-likeness (QED) is 0.704. The molecule has 1 aromatic heterocycles. The van der Waals surface area contributed by atoms with E-state index >= 15 is 0 Å². The van der Waals surface area contributed by atoms with E-state index in [1.54, 1.807) is 62.5 Å². The van der Waals surface area contributed by atoms with Crippen LogP contribution < -0.4 is 10.2 Å². The molecule has 6 nitrogen and oxygen atoms in total. The van der Waals surface area contributed by atoms with Gasteiger partial charge >= 0.3 is 6.09 Å². The third-order valence-corrected chi connectivity index (χ3v) is 3.99. The van der Waals surface area contributed by atoms with Crippen molar-refractivity contribution in [2.75, 3.05) is 23.9 Å². The van der Waals surface area contributed by atoms with Gasteiger partial charge in [0.1, 0.15) is 5.58 Å². The van der Waals surface area contributed by atoms with Gasteiger partial charge in [0.05, 0.1) is 6.61 Å². The molecule has 2 aromatic carbocycles. The maximum absolute atomic E-state index is 12.4. The summed E-state index contributed by atoms with van der Waals surface area (Å²) in [4.78, 5) is 25.5. The minimum absolute atomic E-state index is 0.190. The molecule has 3 aromatic rings. The Hall–Kier alpha value is -2.99. The van der Waals surface area contributed by atoms with Crippen LogP contribution in [0.3, 0.4) is 0 Å². The highest BCUT2D eigenvalue weighted by Gasteiger charge is 2.14. The second-order valence-electron chi connectivity index (χ2n) is 5.55. The van der Waals surface area contributed by atoms with Gasteiger partial charge in [-0.25, -0.2) is 4.79 Å². The van der Waals surface area contributed by atoms with Crippen molar-refractivity contribution < 1.29 is 18.7 Å². The first-order valence-corrected chi connectivity index (χ1v) is 8.36. The molecule has 0 unspecified atom stereocenters. The predicted molar refractivity (Wildman–Crippen MR) is 101 cm³/mol. The largest absolute Gasteiger partial charge is 0.451 e. The lowest BCUT2D eigenvalue weighted by atomic mass is 10.2. The lowest BCUT2D eigenvalue weighted by Crippen LogP contribution is -2.26. The average molecular weight is 373 g/mol. The minimum Gasteiger partial charge on any atom is -0.451 e. The maximum atomic E-state index is 12.4. The van der Waals surface area contributed by atoms with E-state index < -0.39 is 6.09 Å². The lowest BCUT2D eigenvalue weighted by Gasteiger charge is -2.16. The third-order valence-electron chi connectivity index (χ3n) is 3.76. The number of anilines is 2. The summed E-state index contributed by atoms with van der Waals surface area (Å²) in [6.45, 7) is 2.05. The van der Waals surface area contributed by atoms with Crippen LogP contribution in [0.15, 0.2) is 52.9 Å². The number of fused-ring (bicyclic) bond motifs is 1. The number of hydrogen-bond acceptors (Lipinski definition) is 4. The van der Waals surface area contributed by atoms with Crippen LogP contribution in [0.25, 0.3) is 11.0 Å². The first kappa shape index (κ1) is 17.8. The van der Waals surface area contributed by atoms with Gasteiger partial charge in [-0.05, 0) is 55.5 Å². The number of amides is 2. The number of furan rings is 1. The van der Waals surface area contributed by atoms with Crippen LogP contribution in [-0.4, -0.2) is 25.7 Å². The van der Waals surface area contributed by atoms with E-state index in [0.717, 1.165) is 5.39 Å². The maximum Gasteiger partial charge on any atom is 0.413 e. The van der Waals surface area contributed by atoms with Crippen molar-refractivity contribution >= 4 is 45.9 Å². The van der Waals surface area contributed by atoms with Gasteiger partial charge in [0.2, 0.25) is 0 Å². The summed E-state index contributed by atoms with van der Waals surface area (Å²) in [5, 5.41) is 4.09. The van der Waals surface area contributed by atoms with Crippen LogP contribution in [0, 0.1) is 0 Å². The molecule has 1 heterocycles. The third kappa shape index (κ3) is 3.81. The van der Waals surface area contributed by atoms with Crippen molar-refractivity contribution in [2.24, 2.45) is 0 Å². The van der Waals surface area contributed by atoms with Crippen molar-refractivity contribution in [1.82, 2.24) is 0 Å². The summed E-state index contributed by atoms with van der Waals surface area (Å²) in [5.41, 5.74) is 1.82. The molecule has 0 fully saturated rings. The molecular formula is C19H17ClN2O4. The Morgan fingerprint density at radius 3 is 2.58 bits per heavy atom. The fraction of sp³-hybridized carbons (Fsp3) is 0.158. The molecule has 0 aliphatic rings. The average Bonchev–Trinajstić information content (AvgIpc) is 3.05. The van der Waals surface area contributed by atoms with E-state index in [9.17, 15) is 9.59 Å². The molecular weight excluding hydrogens is 356 g/mol. The molecule has 7 heteroatoms. The van der Waals surface area contributed by atoms with Crippen LogP contribution in [0.5, 0.6) is 0 Å². The number of nitrogens with one attached hydrogen (secondary N) is 1. The smallest absolute Gasteiger partial charge is 0.413 e. The van der Waals surface area contributed by atoms with E-state index in [4.69, 9.17) is 20.8 Å². The zero-order valence-corrected chi connectivity index (χ0v) is 15.0. The number of benzene rings is 2. The molecule has 0 aliphatic carbocycles. The monoisotopic (exact) mass is 372 g/mol. The SMILES string of the molecule is CCOC(=O)N(C)c1ccc(NC(=O)c2cc3cc(Cl)ccc3o2)cc1. The number of hydrogen-bond donors (Lipinski definition) is 1. The summed E-state index contributed by atoms with van der Waals surface area (Å²) in [6, 6.07) is 13.6. The van der Waals surface area contributed by atoms with E-state index in [-0.39, 0.29) is 11.7 Å². The van der Waals surface area contributed by atoms with Crippen molar-refractivity contribution in [3.8, 4) is 0 Å². The Morgan fingerprint density at radius 2 is 1.88 bits per heavy atom. The molecule has 0 saturated heterocycles. The fourth-order valence-corrected chi connectivity index (χ4v) is 2.59. The molecule has 0 spiro atoms. The topological polar surface area (TPSA) is 71.8 Å². The standard InChI is InChI=1S/C19H17ClN2O4/c1-3-25-19(24)22(2)15-7-5-14(6-8-15)21-18(23)17-11-12-10-13(20)4-9-16(12)26-17/h4-11H,3H2,1-2H3,(H,21,23). The Labute approximate surface area is 155 Å². The number of rotatable bonds is 4. The Morgan fingerprint density at radius 1 is 1.15 bits per heavy atom. The molecule has 0 saturated carbocycles. The highest BCUT2D eigenvalue weighted by molar-refractivity contribution is 6.31. The molecule has 0 radical (unpaired) electrons. The van der Waals surface area contributed by atoms with Gasteiger partial charge in [-0.1, -0.05) is 11.6 Å². The van der Waals surface area contributed by atoms with Gasteiger partial charge in [0.25, 0.3) is 5.91 Å². The second-order valence-corrected chi connectivity index (χ2v) is 5.99. The molecule has 26 heavy (non-hydrogen) atoms. The molecule has 134 valence electrons. The Balaban J connectivity index is 1.71. The number of nitrogens with zero attached hydrogens (tertiary/aromatic N) is 1. The first-order valence-electron chi connectivity index (χ1n) is 7.99. The highest BCUT2D eigenvalue weighted by atomic mass is 35.5. The summed E-state index contributed by atoms with van der Waals surface area (Å²) in [5.74, 6) is -0.182. The van der Waals surface area contributed by atoms with E-state index in [0.29, 0.717) is 28.6 Å². The van der Waals surface area contributed by atoms with Gasteiger partial charge in [0.15, 0.2) is 5.76 Å². The van der Waals surface area contributed by atoms with Crippen LogP contribution in [0.2, 0.25) is 5.02 Å². The fourth-order valence-electron chi connectivity index (χ4n) is 2.41. The summed E-state index contributed by atoms with van der Waals surface area (Å²) < 4.78 is 10.5. The molecule has 0 bridgehead atoms. The minimum atomic E-state index is -0.440. The lowest BCUT2D eigenvalue weighted by molar-refractivity contribution is 0.0998. The van der Waals surface area contributed by atoms with Gasteiger partial charge in [-0.2, -0.15) is 0 Å². The van der Waals surface area contributed by atoms with E-state index in [2.05, 4.69) is 5.32 Å². The first-order chi connectivity index (χ1) is 12.5.